The molecule has 1 atom stereocenters. The average Bonchev–Trinajstić information content (AvgIpc) is 3.31. The van der Waals surface area contributed by atoms with Crippen LogP contribution >= 0.6 is 11.3 Å². The Hall–Kier alpha value is -2.80. The molecule has 0 radical (unpaired) electrons. The third-order valence-corrected chi connectivity index (χ3v) is 5.88. The molecule has 0 unspecified atom stereocenters. The summed E-state index contributed by atoms with van der Waals surface area (Å²) in [5, 5.41) is 7.68. The summed E-state index contributed by atoms with van der Waals surface area (Å²) in [5.41, 5.74) is 0.587. The van der Waals surface area contributed by atoms with E-state index in [4.69, 9.17) is 9.47 Å². The molecule has 0 spiro atoms. The van der Waals surface area contributed by atoms with E-state index in [1.165, 1.54) is 25.6 Å². The molecule has 7 heteroatoms. The second kappa shape index (κ2) is 12.8. The largest absolute Gasteiger partial charge is 0.493 e. The lowest BCUT2D eigenvalue weighted by Crippen LogP contribution is -2.37. The summed E-state index contributed by atoms with van der Waals surface area (Å²) in [6.45, 7) is 4.88. The first-order valence-electron chi connectivity index (χ1n) is 10.6. The van der Waals surface area contributed by atoms with Crippen LogP contribution in [0.4, 0.5) is 0 Å². The first-order chi connectivity index (χ1) is 15.0. The van der Waals surface area contributed by atoms with Crippen molar-refractivity contribution in [3.63, 3.8) is 0 Å². The molecular formula is C24H32N2O4S. The number of amides is 2. The Morgan fingerprint density at radius 2 is 1.90 bits per heavy atom. The third-order valence-electron chi connectivity index (χ3n) is 5.06. The molecule has 2 rings (SSSR count). The quantitative estimate of drug-likeness (QED) is 0.458. The highest BCUT2D eigenvalue weighted by Gasteiger charge is 2.17. The van der Waals surface area contributed by atoms with Crippen molar-refractivity contribution < 1.29 is 19.1 Å². The molecule has 168 valence electrons. The minimum absolute atomic E-state index is 0.215. The number of unbranched alkanes of at least 4 members (excludes halogenated alkanes) is 1. The number of carbonyl (C=O) groups is 2. The molecule has 0 aliphatic heterocycles. The topological polar surface area (TPSA) is 76.7 Å². The molecule has 1 aromatic carbocycles. The maximum atomic E-state index is 12.9. The SMILES string of the molecule is CCCC[C@@H](CC)CNC(=O)/C(=C/c1cccs1)NC(=O)c1ccc(OC)c(OC)c1. The van der Waals surface area contributed by atoms with Gasteiger partial charge in [0, 0.05) is 17.0 Å². The predicted molar refractivity (Wildman–Crippen MR) is 126 cm³/mol. The van der Waals surface area contributed by atoms with Gasteiger partial charge in [-0.05, 0) is 48.1 Å². The van der Waals surface area contributed by atoms with Crippen molar-refractivity contribution >= 4 is 29.2 Å². The number of hydrogen-bond acceptors (Lipinski definition) is 5. The van der Waals surface area contributed by atoms with Crippen molar-refractivity contribution in [3.05, 3.63) is 51.8 Å². The van der Waals surface area contributed by atoms with Gasteiger partial charge in [-0.2, -0.15) is 0 Å². The van der Waals surface area contributed by atoms with Gasteiger partial charge in [0.1, 0.15) is 5.70 Å². The number of methoxy groups -OCH3 is 2. The highest BCUT2D eigenvalue weighted by Crippen LogP contribution is 2.27. The van der Waals surface area contributed by atoms with Crippen molar-refractivity contribution in [1.29, 1.82) is 0 Å². The molecule has 31 heavy (non-hydrogen) atoms. The van der Waals surface area contributed by atoms with E-state index in [0.29, 0.717) is 29.5 Å². The van der Waals surface area contributed by atoms with Crippen LogP contribution in [0.5, 0.6) is 11.5 Å². The van der Waals surface area contributed by atoms with Crippen LogP contribution in [0.3, 0.4) is 0 Å². The van der Waals surface area contributed by atoms with E-state index in [1.54, 1.807) is 24.3 Å². The van der Waals surface area contributed by atoms with Crippen molar-refractivity contribution in [2.24, 2.45) is 5.92 Å². The Labute approximate surface area is 188 Å². The summed E-state index contributed by atoms with van der Waals surface area (Å²) < 4.78 is 10.5. The van der Waals surface area contributed by atoms with Gasteiger partial charge in [-0.3, -0.25) is 9.59 Å². The Morgan fingerprint density at radius 1 is 1.13 bits per heavy atom. The molecule has 0 aliphatic rings. The molecule has 0 saturated carbocycles. The average molecular weight is 445 g/mol. The Kier molecular flexibility index (Phi) is 10.1. The van der Waals surface area contributed by atoms with Crippen molar-refractivity contribution in [3.8, 4) is 11.5 Å². The summed E-state index contributed by atoms with van der Waals surface area (Å²) in [4.78, 5) is 26.7. The third kappa shape index (κ3) is 7.43. The van der Waals surface area contributed by atoms with Crippen LogP contribution < -0.4 is 20.1 Å². The molecule has 0 aliphatic carbocycles. The number of nitrogens with one attached hydrogen (secondary N) is 2. The number of hydrogen-bond donors (Lipinski definition) is 2. The second-order valence-corrected chi connectivity index (χ2v) is 8.20. The summed E-state index contributed by atoms with van der Waals surface area (Å²) in [5.74, 6) is 0.719. The lowest BCUT2D eigenvalue weighted by Gasteiger charge is -2.17. The van der Waals surface area contributed by atoms with E-state index in [-0.39, 0.29) is 11.6 Å². The maximum Gasteiger partial charge on any atom is 0.267 e. The molecule has 2 amide bonds. The van der Waals surface area contributed by atoms with Crippen LogP contribution in [0.2, 0.25) is 0 Å². The zero-order chi connectivity index (χ0) is 22.6. The fourth-order valence-corrected chi connectivity index (χ4v) is 3.78. The summed E-state index contributed by atoms with van der Waals surface area (Å²) in [7, 11) is 3.05. The van der Waals surface area contributed by atoms with Crippen LogP contribution in [-0.2, 0) is 4.79 Å². The molecule has 0 bridgehead atoms. The van der Waals surface area contributed by atoms with Gasteiger partial charge in [-0.1, -0.05) is 39.2 Å². The number of carbonyl (C=O) groups excluding carboxylic acids is 2. The summed E-state index contributed by atoms with van der Waals surface area (Å²) in [6, 6.07) is 8.69. The van der Waals surface area contributed by atoms with Crippen LogP contribution in [0, 0.1) is 5.92 Å². The van der Waals surface area contributed by atoms with Gasteiger partial charge >= 0.3 is 0 Å². The summed E-state index contributed by atoms with van der Waals surface area (Å²) in [6.07, 6.45) is 6.06. The second-order valence-electron chi connectivity index (χ2n) is 7.22. The number of benzene rings is 1. The van der Waals surface area contributed by atoms with E-state index in [1.807, 2.05) is 17.5 Å². The maximum absolute atomic E-state index is 12.9. The van der Waals surface area contributed by atoms with Crippen LogP contribution in [-0.4, -0.2) is 32.6 Å². The van der Waals surface area contributed by atoms with E-state index in [0.717, 1.165) is 30.6 Å². The fraction of sp³-hybridized carbons (Fsp3) is 0.417. The van der Waals surface area contributed by atoms with Crippen molar-refractivity contribution in [1.82, 2.24) is 10.6 Å². The Morgan fingerprint density at radius 3 is 2.52 bits per heavy atom. The smallest absolute Gasteiger partial charge is 0.267 e. The molecular weight excluding hydrogens is 412 g/mol. The lowest BCUT2D eigenvalue weighted by molar-refractivity contribution is -0.117. The molecule has 0 saturated heterocycles. The van der Waals surface area contributed by atoms with Crippen LogP contribution in [0.25, 0.3) is 6.08 Å². The Bertz CT molecular complexity index is 878. The molecule has 6 nitrogen and oxygen atoms in total. The van der Waals surface area contributed by atoms with Gasteiger partial charge in [-0.25, -0.2) is 0 Å². The predicted octanol–water partition coefficient (Wildman–Crippen LogP) is 4.87. The van der Waals surface area contributed by atoms with Gasteiger partial charge in [0.05, 0.1) is 14.2 Å². The van der Waals surface area contributed by atoms with Gasteiger partial charge in [0.2, 0.25) is 0 Å². The van der Waals surface area contributed by atoms with Crippen molar-refractivity contribution in [2.45, 2.75) is 39.5 Å². The van der Waals surface area contributed by atoms with E-state index in [2.05, 4.69) is 24.5 Å². The monoisotopic (exact) mass is 444 g/mol. The zero-order valence-electron chi connectivity index (χ0n) is 18.7. The highest BCUT2D eigenvalue weighted by molar-refractivity contribution is 7.10. The number of thiophene rings is 1. The van der Waals surface area contributed by atoms with Gasteiger partial charge in [-0.15, -0.1) is 11.3 Å². The van der Waals surface area contributed by atoms with Gasteiger partial charge in [0.15, 0.2) is 11.5 Å². The standard InChI is InChI=1S/C24H32N2O4S/c1-5-7-9-17(6-2)16-25-24(28)20(15-19-10-8-13-31-19)26-23(27)18-11-12-21(29-3)22(14-18)30-4/h8,10-15,17H,5-7,9,16H2,1-4H3,(H,25,28)(H,26,27)/b20-15-/t17-/m1/s1. The zero-order valence-corrected chi connectivity index (χ0v) is 19.5. The molecule has 1 heterocycles. The molecule has 0 fully saturated rings. The fourth-order valence-electron chi connectivity index (χ4n) is 3.12. The van der Waals surface area contributed by atoms with Crippen molar-refractivity contribution in [2.75, 3.05) is 20.8 Å². The normalized spacial score (nSPS) is 12.2. The Balaban J connectivity index is 2.17. The van der Waals surface area contributed by atoms with E-state index in [9.17, 15) is 9.59 Å². The number of ether oxygens (including phenoxy) is 2. The minimum atomic E-state index is -0.392. The summed E-state index contributed by atoms with van der Waals surface area (Å²) >= 11 is 1.50. The number of rotatable bonds is 12. The van der Waals surface area contributed by atoms with Crippen LogP contribution in [0.1, 0.15) is 54.8 Å². The molecule has 2 aromatic rings. The minimum Gasteiger partial charge on any atom is -0.493 e. The molecule has 2 N–H and O–H groups in total. The van der Waals surface area contributed by atoms with Crippen LogP contribution in [0.15, 0.2) is 41.4 Å². The van der Waals surface area contributed by atoms with E-state index >= 15 is 0 Å². The van der Waals surface area contributed by atoms with Gasteiger partial charge < -0.3 is 20.1 Å². The van der Waals surface area contributed by atoms with Gasteiger partial charge in [0.25, 0.3) is 11.8 Å². The lowest BCUT2D eigenvalue weighted by atomic mass is 9.99. The first-order valence-corrected chi connectivity index (χ1v) is 11.5. The highest BCUT2D eigenvalue weighted by atomic mass is 32.1. The first kappa shape index (κ1) is 24.5. The molecule has 1 aromatic heterocycles. The van der Waals surface area contributed by atoms with E-state index < -0.39 is 5.91 Å².